The van der Waals surface area contributed by atoms with Crippen molar-refractivity contribution in [1.82, 2.24) is 10.6 Å². The summed E-state index contributed by atoms with van der Waals surface area (Å²) in [6.07, 6.45) is -4.82. The molecule has 2 atom stereocenters. The molecule has 6 nitrogen and oxygen atoms in total. The van der Waals surface area contributed by atoms with Crippen LogP contribution in [0.25, 0.3) is 0 Å². The molecular weight excluding hydrogens is 432 g/mol. The molecule has 0 unspecified atom stereocenters. The number of hydrogen-bond acceptors (Lipinski definition) is 4. The molecule has 2 aromatic rings. The number of carbonyl (C=O) groups excluding carboxylic acids is 3. The number of amides is 2. The average molecular weight is 454 g/mol. The summed E-state index contributed by atoms with van der Waals surface area (Å²) in [5, 5.41) is 4.88. The lowest BCUT2D eigenvalue weighted by atomic mass is 10.0. The lowest BCUT2D eigenvalue weighted by molar-refractivity contribution is -0.145. The zero-order chi connectivity index (χ0) is 23.9. The number of esters is 1. The van der Waals surface area contributed by atoms with Gasteiger partial charge in [0.15, 0.2) is 0 Å². The Balaban J connectivity index is 2.21. The van der Waals surface area contributed by atoms with Crippen LogP contribution in [0.1, 0.15) is 23.6 Å². The van der Waals surface area contributed by atoms with Gasteiger partial charge in [0, 0.05) is 19.8 Å². The van der Waals surface area contributed by atoms with E-state index in [-0.39, 0.29) is 18.4 Å². The Morgan fingerprint density at radius 2 is 1.56 bits per heavy atom. The molecule has 0 aliphatic carbocycles. The van der Waals surface area contributed by atoms with Crippen LogP contribution in [0.2, 0.25) is 0 Å². The highest BCUT2D eigenvalue weighted by atomic mass is 19.4. The summed E-state index contributed by atoms with van der Waals surface area (Å²) in [5.74, 6) is -2.59. The molecule has 0 aliphatic rings. The van der Waals surface area contributed by atoms with Gasteiger partial charge in [0.2, 0.25) is 11.8 Å². The second-order valence-electron chi connectivity index (χ2n) is 7.07. The fourth-order valence-corrected chi connectivity index (χ4v) is 3.03. The van der Waals surface area contributed by atoms with Gasteiger partial charge in [-0.15, -0.1) is 0 Å². The molecule has 2 amide bonds. The van der Waals surface area contributed by atoms with Crippen molar-refractivity contribution in [2.45, 2.75) is 38.0 Å². The first kappa shape index (κ1) is 24.8. The first-order chi connectivity index (χ1) is 15.0. The van der Waals surface area contributed by atoms with Crippen LogP contribution in [-0.4, -0.2) is 37.0 Å². The van der Waals surface area contributed by atoms with Crippen LogP contribution in [0.5, 0.6) is 0 Å². The van der Waals surface area contributed by atoms with Gasteiger partial charge in [-0.2, -0.15) is 13.2 Å². The van der Waals surface area contributed by atoms with Gasteiger partial charge in [-0.3, -0.25) is 9.59 Å². The summed E-state index contributed by atoms with van der Waals surface area (Å²) in [6.45, 7) is 1.20. The summed E-state index contributed by atoms with van der Waals surface area (Å²) < 4.78 is 56.7. The van der Waals surface area contributed by atoms with Gasteiger partial charge < -0.3 is 15.4 Å². The first-order valence-electron chi connectivity index (χ1n) is 9.55. The van der Waals surface area contributed by atoms with Crippen LogP contribution in [0.3, 0.4) is 0 Å². The molecule has 10 heteroatoms. The van der Waals surface area contributed by atoms with Gasteiger partial charge in [0.1, 0.15) is 17.9 Å². The number of nitrogens with one attached hydrogen (secondary N) is 2. The Labute approximate surface area is 181 Å². The third kappa shape index (κ3) is 7.36. The predicted molar refractivity (Wildman–Crippen MR) is 107 cm³/mol. The number of carbonyl (C=O) groups is 3. The van der Waals surface area contributed by atoms with Crippen molar-refractivity contribution in [3.8, 4) is 0 Å². The van der Waals surface area contributed by atoms with E-state index < -0.39 is 47.4 Å². The minimum atomic E-state index is -4.56. The Morgan fingerprint density at radius 3 is 2.12 bits per heavy atom. The van der Waals surface area contributed by atoms with Crippen LogP contribution in [0.4, 0.5) is 17.6 Å². The molecule has 0 bridgehead atoms. The summed E-state index contributed by atoms with van der Waals surface area (Å²) >= 11 is 0. The molecule has 0 saturated heterocycles. The summed E-state index contributed by atoms with van der Waals surface area (Å²) in [6, 6.07) is 7.25. The van der Waals surface area contributed by atoms with Gasteiger partial charge in [0.05, 0.1) is 12.7 Å². The van der Waals surface area contributed by atoms with E-state index in [0.717, 1.165) is 19.2 Å². The topological polar surface area (TPSA) is 84.5 Å². The highest BCUT2D eigenvalue weighted by Crippen LogP contribution is 2.29. The maximum atomic E-state index is 13.1. The van der Waals surface area contributed by atoms with E-state index in [9.17, 15) is 31.9 Å². The number of hydrogen-bond donors (Lipinski definition) is 2. The Bertz CT molecular complexity index is 961. The van der Waals surface area contributed by atoms with Gasteiger partial charge in [-0.25, -0.2) is 9.18 Å². The van der Waals surface area contributed by atoms with Crippen LogP contribution >= 0.6 is 0 Å². The molecule has 2 aromatic carbocycles. The lowest BCUT2D eigenvalue weighted by Crippen LogP contribution is -2.53. The molecule has 0 spiro atoms. The number of alkyl halides is 3. The summed E-state index contributed by atoms with van der Waals surface area (Å²) in [4.78, 5) is 36.5. The van der Waals surface area contributed by atoms with Crippen LogP contribution in [-0.2, 0) is 38.1 Å². The Hall–Kier alpha value is -3.43. The van der Waals surface area contributed by atoms with Crippen molar-refractivity contribution >= 4 is 17.8 Å². The van der Waals surface area contributed by atoms with E-state index in [4.69, 9.17) is 0 Å². The molecule has 0 aromatic heterocycles. The van der Waals surface area contributed by atoms with Crippen molar-refractivity contribution in [2.75, 3.05) is 7.11 Å². The number of benzene rings is 2. The highest BCUT2D eigenvalue weighted by Gasteiger charge is 2.31. The highest BCUT2D eigenvalue weighted by molar-refractivity contribution is 5.90. The monoisotopic (exact) mass is 454 g/mol. The molecule has 2 rings (SSSR count). The summed E-state index contributed by atoms with van der Waals surface area (Å²) in [5.41, 5.74) is -0.185. The van der Waals surface area contributed by atoms with E-state index in [1.165, 1.54) is 43.3 Å². The normalized spacial score (nSPS) is 13.1. The Morgan fingerprint density at radius 1 is 0.938 bits per heavy atom. The lowest BCUT2D eigenvalue weighted by Gasteiger charge is -2.22. The van der Waals surface area contributed by atoms with E-state index in [1.807, 2.05) is 0 Å². The molecular formula is C22H22F4N2O4. The molecule has 32 heavy (non-hydrogen) atoms. The SMILES string of the molecule is COC(=O)[C@H](Cc1cccc(C(F)(F)F)c1)NC(=O)[C@@H](Cc1ccc(F)cc1)NC(C)=O. The molecule has 0 radical (unpaired) electrons. The third-order valence-corrected chi connectivity index (χ3v) is 4.54. The number of ether oxygens (including phenoxy) is 1. The molecule has 0 heterocycles. The van der Waals surface area contributed by atoms with Crippen molar-refractivity contribution < 1.29 is 36.7 Å². The zero-order valence-electron chi connectivity index (χ0n) is 17.3. The van der Waals surface area contributed by atoms with Gasteiger partial charge in [0.25, 0.3) is 0 Å². The standard InChI is InChI=1S/C22H22F4N2O4/c1-13(29)27-18(11-14-6-8-17(23)9-7-14)20(30)28-19(21(31)32-2)12-15-4-3-5-16(10-15)22(24,25)26/h3-10,18-19H,11-12H2,1-2H3,(H,27,29)(H,28,30)/t18-,19+/m1/s1. The number of halogens is 4. The van der Waals surface area contributed by atoms with Crippen molar-refractivity contribution in [2.24, 2.45) is 0 Å². The Kier molecular flexibility index (Phi) is 8.34. The van der Waals surface area contributed by atoms with Crippen LogP contribution < -0.4 is 10.6 Å². The largest absolute Gasteiger partial charge is 0.467 e. The first-order valence-corrected chi connectivity index (χ1v) is 9.55. The zero-order valence-corrected chi connectivity index (χ0v) is 17.3. The van der Waals surface area contributed by atoms with Gasteiger partial charge in [-0.05, 0) is 29.3 Å². The van der Waals surface area contributed by atoms with Gasteiger partial charge >= 0.3 is 12.1 Å². The average Bonchev–Trinajstić information content (AvgIpc) is 2.73. The van der Waals surface area contributed by atoms with E-state index in [2.05, 4.69) is 15.4 Å². The van der Waals surface area contributed by atoms with Crippen molar-refractivity contribution in [3.05, 3.63) is 71.0 Å². The predicted octanol–water partition coefficient (Wildman–Crippen LogP) is 2.79. The second kappa shape index (κ2) is 10.7. The van der Waals surface area contributed by atoms with Crippen LogP contribution in [0, 0.1) is 5.82 Å². The molecule has 0 aliphatic heterocycles. The van der Waals surface area contributed by atoms with E-state index >= 15 is 0 Å². The number of rotatable bonds is 8. The maximum Gasteiger partial charge on any atom is 0.416 e. The quantitative estimate of drug-likeness (QED) is 0.475. The van der Waals surface area contributed by atoms with Crippen molar-refractivity contribution in [3.63, 3.8) is 0 Å². The van der Waals surface area contributed by atoms with E-state index in [0.29, 0.717) is 5.56 Å². The molecule has 2 N–H and O–H groups in total. The summed E-state index contributed by atoms with van der Waals surface area (Å²) in [7, 11) is 1.08. The number of methoxy groups -OCH3 is 1. The van der Waals surface area contributed by atoms with Gasteiger partial charge in [-0.1, -0.05) is 30.3 Å². The fourth-order valence-electron chi connectivity index (χ4n) is 3.03. The smallest absolute Gasteiger partial charge is 0.416 e. The fraction of sp³-hybridized carbons (Fsp3) is 0.318. The van der Waals surface area contributed by atoms with Crippen molar-refractivity contribution in [1.29, 1.82) is 0 Å². The van der Waals surface area contributed by atoms with Crippen LogP contribution in [0.15, 0.2) is 48.5 Å². The second-order valence-corrected chi connectivity index (χ2v) is 7.07. The maximum absolute atomic E-state index is 13.1. The minimum absolute atomic E-state index is 0.00312. The molecule has 172 valence electrons. The third-order valence-electron chi connectivity index (χ3n) is 4.54. The van der Waals surface area contributed by atoms with E-state index in [1.54, 1.807) is 0 Å². The molecule has 0 fully saturated rings. The minimum Gasteiger partial charge on any atom is -0.467 e. The molecule has 0 saturated carbocycles.